The van der Waals surface area contributed by atoms with Crippen LogP contribution in [-0.4, -0.2) is 32.7 Å². The Morgan fingerprint density at radius 2 is 2.32 bits per heavy atom. The number of aliphatic carboxylic acids is 1. The summed E-state index contributed by atoms with van der Waals surface area (Å²) < 4.78 is 6.89. The van der Waals surface area contributed by atoms with Gasteiger partial charge in [0.05, 0.1) is 19.2 Å². The van der Waals surface area contributed by atoms with Gasteiger partial charge in [-0.25, -0.2) is 9.97 Å². The van der Waals surface area contributed by atoms with Crippen molar-refractivity contribution in [2.45, 2.75) is 18.8 Å². The van der Waals surface area contributed by atoms with Crippen LogP contribution in [0.3, 0.4) is 0 Å². The third-order valence-electron chi connectivity index (χ3n) is 3.57. The van der Waals surface area contributed by atoms with Gasteiger partial charge in [0.25, 0.3) is 0 Å². The monoisotopic (exact) mass is 261 g/mol. The SMILES string of the molecule is COc1cnc2c(n1)c(C(C(=O)O)C1CC1)cn2C. The van der Waals surface area contributed by atoms with E-state index < -0.39 is 11.9 Å². The number of aromatic nitrogens is 3. The molecule has 0 bridgehead atoms. The minimum Gasteiger partial charge on any atom is -0.481 e. The summed E-state index contributed by atoms with van der Waals surface area (Å²) in [5, 5.41) is 9.44. The molecule has 0 aliphatic heterocycles. The average molecular weight is 261 g/mol. The molecule has 1 N–H and O–H groups in total. The molecule has 0 amide bonds. The predicted molar refractivity (Wildman–Crippen MR) is 68.2 cm³/mol. The second kappa shape index (κ2) is 4.22. The maximum Gasteiger partial charge on any atom is 0.311 e. The van der Waals surface area contributed by atoms with Gasteiger partial charge in [-0.1, -0.05) is 0 Å². The molecule has 0 spiro atoms. The van der Waals surface area contributed by atoms with Crippen LogP contribution in [0.5, 0.6) is 5.88 Å². The van der Waals surface area contributed by atoms with Crippen molar-refractivity contribution in [2.75, 3.05) is 7.11 Å². The summed E-state index contributed by atoms with van der Waals surface area (Å²) in [4.78, 5) is 20.1. The lowest BCUT2D eigenvalue weighted by atomic mass is 9.96. The maximum atomic E-state index is 11.5. The highest BCUT2D eigenvalue weighted by Crippen LogP contribution is 2.44. The van der Waals surface area contributed by atoms with Crippen molar-refractivity contribution in [2.24, 2.45) is 13.0 Å². The van der Waals surface area contributed by atoms with Gasteiger partial charge in [0.1, 0.15) is 5.52 Å². The number of carboxylic acid groups (broad SMARTS) is 1. The fraction of sp³-hybridized carbons (Fsp3) is 0.462. The normalized spacial score (nSPS) is 16.5. The molecule has 0 saturated heterocycles. The van der Waals surface area contributed by atoms with Crippen LogP contribution in [-0.2, 0) is 11.8 Å². The Labute approximate surface area is 110 Å². The third kappa shape index (κ3) is 1.93. The van der Waals surface area contributed by atoms with Crippen LogP contribution in [0.2, 0.25) is 0 Å². The fourth-order valence-electron chi connectivity index (χ4n) is 2.49. The van der Waals surface area contributed by atoms with Crippen LogP contribution >= 0.6 is 0 Å². The molecule has 1 unspecified atom stereocenters. The Balaban J connectivity index is 2.18. The molecule has 2 aromatic rings. The summed E-state index contributed by atoms with van der Waals surface area (Å²) >= 11 is 0. The molecule has 2 aromatic heterocycles. The van der Waals surface area contributed by atoms with Gasteiger partial charge in [0.15, 0.2) is 5.65 Å². The van der Waals surface area contributed by atoms with E-state index in [0.29, 0.717) is 17.0 Å². The van der Waals surface area contributed by atoms with E-state index in [2.05, 4.69) is 9.97 Å². The molecule has 1 aliphatic carbocycles. The summed E-state index contributed by atoms with van der Waals surface area (Å²) in [5.74, 6) is -0.666. The van der Waals surface area contributed by atoms with Gasteiger partial charge in [-0.2, -0.15) is 0 Å². The Hall–Kier alpha value is -2.11. The van der Waals surface area contributed by atoms with Crippen molar-refractivity contribution in [3.8, 4) is 5.88 Å². The van der Waals surface area contributed by atoms with Gasteiger partial charge < -0.3 is 14.4 Å². The molecule has 19 heavy (non-hydrogen) atoms. The number of nitrogens with zero attached hydrogens (tertiary/aromatic N) is 3. The molecule has 2 heterocycles. The third-order valence-corrected chi connectivity index (χ3v) is 3.57. The van der Waals surface area contributed by atoms with Crippen molar-refractivity contribution in [3.63, 3.8) is 0 Å². The lowest BCUT2D eigenvalue weighted by molar-refractivity contribution is -0.139. The number of fused-ring (bicyclic) bond motifs is 1. The Bertz CT molecular complexity index is 646. The molecular formula is C13H15N3O3. The number of ether oxygens (including phenoxy) is 1. The Kier molecular flexibility index (Phi) is 2.66. The van der Waals surface area contributed by atoms with Crippen LogP contribution in [0.15, 0.2) is 12.4 Å². The van der Waals surface area contributed by atoms with Gasteiger partial charge in [0, 0.05) is 18.8 Å². The minimum absolute atomic E-state index is 0.219. The molecule has 3 rings (SSSR count). The van der Waals surface area contributed by atoms with Crippen molar-refractivity contribution in [1.82, 2.24) is 14.5 Å². The Morgan fingerprint density at radius 1 is 1.58 bits per heavy atom. The summed E-state index contributed by atoms with van der Waals surface area (Å²) in [6.07, 6.45) is 5.29. The lowest BCUT2D eigenvalue weighted by Crippen LogP contribution is -2.13. The van der Waals surface area contributed by atoms with Crippen molar-refractivity contribution in [3.05, 3.63) is 18.0 Å². The summed E-state index contributed by atoms with van der Waals surface area (Å²) in [7, 11) is 3.37. The first-order valence-corrected chi connectivity index (χ1v) is 6.20. The van der Waals surface area contributed by atoms with E-state index in [9.17, 15) is 9.90 Å². The first-order chi connectivity index (χ1) is 9.11. The van der Waals surface area contributed by atoms with E-state index in [4.69, 9.17) is 4.74 Å². The maximum absolute atomic E-state index is 11.5. The van der Waals surface area contributed by atoms with Gasteiger partial charge in [-0.3, -0.25) is 4.79 Å². The van der Waals surface area contributed by atoms with Crippen LogP contribution in [0.4, 0.5) is 0 Å². The molecule has 1 atom stereocenters. The standard InChI is InChI=1S/C13H15N3O3/c1-16-6-8(10(13(17)18)7-3-4-7)11-12(16)14-5-9(15-11)19-2/h5-7,10H,3-4H2,1-2H3,(H,17,18). The van der Waals surface area contributed by atoms with E-state index in [-0.39, 0.29) is 5.92 Å². The quantitative estimate of drug-likeness (QED) is 0.903. The van der Waals surface area contributed by atoms with Crippen molar-refractivity contribution in [1.29, 1.82) is 0 Å². The van der Waals surface area contributed by atoms with Crippen molar-refractivity contribution >= 4 is 17.1 Å². The van der Waals surface area contributed by atoms with Gasteiger partial charge in [-0.05, 0) is 18.8 Å². The van der Waals surface area contributed by atoms with Crippen LogP contribution in [0, 0.1) is 5.92 Å². The highest BCUT2D eigenvalue weighted by Gasteiger charge is 2.39. The number of rotatable bonds is 4. The minimum atomic E-state index is -0.792. The molecule has 100 valence electrons. The predicted octanol–water partition coefficient (Wildman–Crippen LogP) is 1.56. The van der Waals surface area contributed by atoms with E-state index in [0.717, 1.165) is 18.4 Å². The molecule has 1 aliphatic rings. The van der Waals surface area contributed by atoms with Crippen LogP contribution in [0.25, 0.3) is 11.2 Å². The molecular weight excluding hydrogens is 246 g/mol. The van der Waals surface area contributed by atoms with Gasteiger partial charge >= 0.3 is 5.97 Å². The molecule has 1 fully saturated rings. The molecule has 0 aromatic carbocycles. The zero-order chi connectivity index (χ0) is 13.6. The second-order valence-electron chi connectivity index (χ2n) is 4.93. The fourth-order valence-corrected chi connectivity index (χ4v) is 2.49. The smallest absolute Gasteiger partial charge is 0.311 e. The Morgan fingerprint density at radius 3 is 2.89 bits per heavy atom. The van der Waals surface area contributed by atoms with Gasteiger partial charge in [0.2, 0.25) is 5.88 Å². The molecule has 0 radical (unpaired) electrons. The number of hydrogen-bond acceptors (Lipinski definition) is 4. The molecule has 1 saturated carbocycles. The summed E-state index contributed by atoms with van der Waals surface area (Å²) in [5.41, 5.74) is 2.04. The number of carbonyl (C=O) groups is 1. The lowest BCUT2D eigenvalue weighted by Gasteiger charge is -2.09. The van der Waals surface area contributed by atoms with Crippen LogP contribution in [0.1, 0.15) is 24.3 Å². The first-order valence-electron chi connectivity index (χ1n) is 6.20. The largest absolute Gasteiger partial charge is 0.481 e. The average Bonchev–Trinajstić information content (AvgIpc) is 3.16. The zero-order valence-electron chi connectivity index (χ0n) is 10.8. The van der Waals surface area contributed by atoms with Crippen molar-refractivity contribution < 1.29 is 14.6 Å². The zero-order valence-corrected chi connectivity index (χ0v) is 10.8. The highest BCUT2D eigenvalue weighted by atomic mass is 16.5. The van der Waals surface area contributed by atoms with E-state index in [1.54, 1.807) is 6.20 Å². The first kappa shape index (κ1) is 12.0. The topological polar surface area (TPSA) is 77.2 Å². The molecule has 6 nitrogen and oxygen atoms in total. The van der Waals surface area contributed by atoms with Gasteiger partial charge in [-0.15, -0.1) is 0 Å². The van der Waals surface area contributed by atoms with E-state index >= 15 is 0 Å². The summed E-state index contributed by atoms with van der Waals surface area (Å²) in [6, 6.07) is 0. The van der Waals surface area contributed by atoms with Crippen LogP contribution < -0.4 is 4.74 Å². The second-order valence-corrected chi connectivity index (χ2v) is 4.93. The number of methoxy groups -OCH3 is 1. The van der Waals surface area contributed by atoms with E-state index in [1.807, 2.05) is 17.8 Å². The number of carboxylic acids is 1. The van der Waals surface area contributed by atoms with E-state index in [1.165, 1.54) is 7.11 Å². The highest BCUT2D eigenvalue weighted by molar-refractivity contribution is 5.86. The molecule has 6 heteroatoms. The number of hydrogen-bond donors (Lipinski definition) is 1. The number of aryl methyl sites for hydroxylation is 1. The summed E-state index contributed by atoms with van der Waals surface area (Å²) in [6.45, 7) is 0.